The van der Waals surface area contributed by atoms with E-state index in [-0.39, 0.29) is 10.7 Å². The molecule has 0 spiro atoms. The molecule has 1 aromatic carbocycles. The topological polar surface area (TPSA) is 66.9 Å². The van der Waals surface area contributed by atoms with E-state index in [1.165, 1.54) is 0 Å². The fourth-order valence-corrected chi connectivity index (χ4v) is 2.36. The fourth-order valence-electron chi connectivity index (χ4n) is 1.54. The molecule has 110 valence electrons. The summed E-state index contributed by atoms with van der Waals surface area (Å²) in [5, 5.41) is 14.0. The van der Waals surface area contributed by atoms with Gasteiger partial charge in [-0.2, -0.15) is 0 Å². The summed E-state index contributed by atoms with van der Waals surface area (Å²) in [6.45, 7) is 2.68. The van der Waals surface area contributed by atoms with E-state index in [1.54, 1.807) is 24.3 Å². The van der Waals surface area contributed by atoms with Gasteiger partial charge >= 0.3 is 0 Å². The van der Waals surface area contributed by atoms with E-state index in [9.17, 15) is 4.79 Å². The molecule has 0 bridgehead atoms. The molecule has 0 saturated carbocycles. The minimum atomic E-state index is -0.411. The predicted octanol–water partition coefficient (Wildman–Crippen LogP) is 4.23. The Bertz CT molecular complexity index is 664. The number of hydrogen-bond acceptors (Lipinski definition) is 4. The van der Waals surface area contributed by atoms with Crippen LogP contribution in [0.5, 0.6) is 0 Å². The van der Waals surface area contributed by atoms with Crippen LogP contribution in [-0.4, -0.2) is 22.6 Å². The van der Waals surface area contributed by atoms with Crippen molar-refractivity contribution >= 4 is 56.5 Å². The van der Waals surface area contributed by atoms with E-state index in [4.69, 9.17) is 23.2 Å². The summed E-state index contributed by atoms with van der Waals surface area (Å²) in [6, 6.07) is 6.61. The first-order valence-corrected chi connectivity index (χ1v) is 7.60. The second-order valence-electron chi connectivity index (χ2n) is 4.01. The van der Waals surface area contributed by atoms with Crippen molar-refractivity contribution in [1.82, 2.24) is 10.2 Å². The largest absolute Gasteiger partial charge is 0.369 e. The van der Waals surface area contributed by atoms with E-state index >= 15 is 0 Å². The molecule has 2 rings (SSSR count). The molecular weight excluding hydrogens is 379 g/mol. The van der Waals surface area contributed by atoms with Crippen molar-refractivity contribution in [2.45, 2.75) is 6.92 Å². The van der Waals surface area contributed by atoms with Crippen molar-refractivity contribution < 1.29 is 4.79 Å². The Labute approximate surface area is 140 Å². The highest BCUT2D eigenvalue weighted by molar-refractivity contribution is 9.10. The Hall–Kier alpha value is -1.37. The summed E-state index contributed by atoms with van der Waals surface area (Å²) in [7, 11) is 0. The van der Waals surface area contributed by atoms with Gasteiger partial charge in [-0.15, -0.1) is 10.2 Å². The third kappa shape index (κ3) is 3.84. The Kier molecular flexibility index (Phi) is 5.39. The second kappa shape index (κ2) is 7.06. The van der Waals surface area contributed by atoms with Crippen LogP contribution in [0, 0.1) is 0 Å². The van der Waals surface area contributed by atoms with E-state index in [2.05, 4.69) is 36.8 Å². The molecule has 0 atom stereocenters. The first-order valence-electron chi connectivity index (χ1n) is 6.05. The van der Waals surface area contributed by atoms with E-state index in [0.717, 1.165) is 6.54 Å². The Morgan fingerprint density at radius 2 is 1.95 bits per heavy atom. The van der Waals surface area contributed by atoms with Crippen LogP contribution in [0.25, 0.3) is 0 Å². The molecule has 21 heavy (non-hydrogen) atoms. The zero-order valence-corrected chi connectivity index (χ0v) is 14.1. The van der Waals surface area contributed by atoms with Crippen molar-refractivity contribution in [1.29, 1.82) is 0 Å². The summed E-state index contributed by atoms with van der Waals surface area (Å²) in [6.07, 6.45) is 0. The van der Waals surface area contributed by atoms with Crippen LogP contribution < -0.4 is 10.6 Å². The zero-order valence-electron chi connectivity index (χ0n) is 11.0. The van der Waals surface area contributed by atoms with Crippen molar-refractivity contribution in [2.75, 3.05) is 17.2 Å². The van der Waals surface area contributed by atoms with Gasteiger partial charge in [-0.05, 0) is 47.1 Å². The van der Waals surface area contributed by atoms with Gasteiger partial charge in [0.2, 0.25) is 0 Å². The maximum Gasteiger partial charge on any atom is 0.276 e. The average Bonchev–Trinajstić information content (AvgIpc) is 2.49. The van der Waals surface area contributed by atoms with Crippen LogP contribution in [0.3, 0.4) is 0 Å². The summed E-state index contributed by atoms with van der Waals surface area (Å²) in [5.41, 5.74) is 0.596. The third-order valence-corrected chi connectivity index (χ3v) is 4.31. The highest BCUT2D eigenvalue weighted by atomic mass is 79.9. The molecule has 0 aliphatic rings. The van der Waals surface area contributed by atoms with Crippen LogP contribution >= 0.6 is 39.1 Å². The lowest BCUT2D eigenvalue weighted by atomic mass is 10.3. The van der Waals surface area contributed by atoms with Crippen molar-refractivity contribution in [3.05, 3.63) is 44.5 Å². The second-order valence-corrected chi connectivity index (χ2v) is 5.62. The summed E-state index contributed by atoms with van der Waals surface area (Å²) in [4.78, 5) is 12.1. The normalized spacial score (nSPS) is 10.3. The minimum absolute atomic E-state index is 0.187. The molecule has 0 unspecified atom stereocenters. The molecule has 1 heterocycles. The fraction of sp³-hybridized carbons (Fsp3) is 0.154. The first kappa shape index (κ1) is 16.0. The summed E-state index contributed by atoms with van der Waals surface area (Å²) < 4.78 is 0.655. The Morgan fingerprint density at radius 3 is 2.57 bits per heavy atom. The van der Waals surface area contributed by atoms with Crippen LogP contribution in [0.1, 0.15) is 17.4 Å². The van der Waals surface area contributed by atoms with Gasteiger partial charge in [0.1, 0.15) is 5.82 Å². The van der Waals surface area contributed by atoms with Gasteiger partial charge in [0.15, 0.2) is 5.69 Å². The molecule has 2 N–H and O–H groups in total. The number of anilines is 2. The van der Waals surface area contributed by atoms with E-state index < -0.39 is 5.91 Å². The highest BCUT2D eigenvalue weighted by Gasteiger charge is 2.13. The first-order chi connectivity index (χ1) is 10.0. The molecule has 0 radical (unpaired) electrons. The third-order valence-electron chi connectivity index (χ3n) is 2.54. The number of carbonyl (C=O) groups excluding carboxylic acids is 1. The monoisotopic (exact) mass is 388 g/mol. The smallest absolute Gasteiger partial charge is 0.276 e. The number of aromatic nitrogens is 2. The Morgan fingerprint density at radius 1 is 1.19 bits per heavy atom. The summed E-state index contributed by atoms with van der Waals surface area (Å²) in [5.74, 6) is 0.199. The van der Waals surface area contributed by atoms with Gasteiger partial charge in [0.25, 0.3) is 5.91 Å². The molecular formula is C13H11BrCl2N4O. The number of rotatable bonds is 4. The van der Waals surface area contributed by atoms with Gasteiger partial charge in [0.05, 0.1) is 15.7 Å². The molecule has 0 saturated heterocycles. The van der Waals surface area contributed by atoms with Gasteiger partial charge < -0.3 is 10.6 Å². The minimum Gasteiger partial charge on any atom is -0.369 e. The van der Waals surface area contributed by atoms with Gasteiger partial charge in [-0.25, -0.2) is 0 Å². The molecule has 5 nitrogen and oxygen atoms in total. The van der Waals surface area contributed by atoms with Gasteiger partial charge in [-0.3, -0.25) is 4.79 Å². The lowest BCUT2D eigenvalue weighted by Crippen LogP contribution is -2.15. The number of nitrogens with zero attached hydrogens (tertiary/aromatic N) is 2. The highest BCUT2D eigenvalue weighted by Crippen LogP contribution is 2.35. The molecule has 0 aliphatic carbocycles. The van der Waals surface area contributed by atoms with Crippen LogP contribution in [0.15, 0.2) is 28.7 Å². The number of halogens is 3. The number of amides is 1. The lowest BCUT2D eigenvalue weighted by molar-refractivity contribution is 0.102. The standard InChI is InChI=1S/C13H11BrCl2N4O/c1-2-17-10-6-5-9(19-20-10)13(21)18-8-4-3-7(14)11(15)12(8)16/h3-6H,2H2,1H3,(H,17,20)(H,18,21). The molecule has 2 aromatic rings. The maximum atomic E-state index is 12.1. The van der Waals surface area contributed by atoms with Crippen LogP contribution in [0.2, 0.25) is 10.0 Å². The number of carbonyl (C=O) groups is 1. The molecule has 1 amide bonds. The number of nitrogens with one attached hydrogen (secondary N) is 2. The van der Waals surface area contributed by atoms with Gasteiger partial charge in [0, 0.05) is 11.0 Å². The molecule has 8 heteroatoms. The SMILES string of the molecule is CCNc1ccc(C(=O)Nc2ccc(Br)c(Cl)c2Cl)nn1. The Balaban J connectivity index is 2.16. The average molecular weight is 390 g/mol. The van der Waals surface area contributed by atoms with E-state index in [0.29, 0.717) is 21.0 Å². The van der Waals surface area contributed by atoms with Crippen molar-refractivity contribution in [3.8, 4) is 0 Å². The van der Waals surface area contributed by atoms with E-state index in [1.807, 2.05) is 6.92 Å². The molecule has 0 fully saturated rings. The van der Waals surface area contributed by atoms with Crippen molar-refractivity contribution in [2.24, 2.45) is 0 Å². The number of hydrogen-bond donors (Lipinski definition) is 2. The van der Waals surface area contributed by atoms with Crippen molar-refractivity contribution in [3.63, 3.8) is 0 Å². The quantitative estimate of drug-likeness (QED) is 0.767. The summed E-state index contributed by atoms with van der Waals surface area (Å²) >= 11 is 15.3. The van der Waals surface area contributed by atoms with Crippen LogP contribution in [-0.2, 0) is 0 Å². The zero-order chi connectivity index (χ0) is 15.4. The number of benzene rings is 1. The molecule has 1 aromatic heterocycles. The van der Waals surface area contributed by atoms with Gasteiger partial charge in [-0.1, -0.05) is 23.2 Å². The maximum absolute atomic E-state index is 12.1. The van der Waals surface area contributed by atoms with Crippen LogP contribution in [0.4, 0.5) is 11.5 Å². The predicted molar refractivity (Wildman–Crippen MR) is 88.3 cm³/mol. The lowest BCUT2D eigenvalue weighted by Gasteiger charge is -2.09. The molecule has 0 aliphatic heterocycles.